The van der Waals surface area contributed by atoms with Crippen LogP contribution in [0, 0.1) is 32.1 Å². The first-order chi connectivity index (χ1) is 30.1. The molecule has 3 heterocycles. The van der Waals surface area contributed by atoms with E-state index in [0.717, 1.165) is 80.8 Å². The number of rotatable bonds is 17. The Morgan fingerprint density at radius 1 is 0.855 bits per heavy atom. The molecule has 1 aliphatic rings. The Morgan fingerprint density at radius 2 is 1.56 bits per heavy atom. The molecule has 316 valence electrons. The minimum Gasteiger partial charge on any atom is -0.484 e. The van der Waals surface area contributed by atoms with Gasteiger partial charge in [0.2, 0.25) is 5.91 Å². The van der Waals surface area contributed by atoms with Crippen molar-refractivity contribution >= 4 is 63.2 Å². The zero-order valence-corrected chi connectivity index (χ0v) is 36.4. The van der Waals surface area contributed by atoms with Gasteiger partial charge in [0.1, 0.15) is 34.3 Å². The number of fused-ring (bicyclic) bond motifs is 4. The summed E-state index contributed by atoms with van der Waals surface area (Å²) in [6, 6.07) is 29.9. The first-order valence-corrected chi connectivity index (χ1v) is 21.8. The highest BCUT2D eigenvalue weighted by atomic mass is 35.5. The van der Waals surface area contributed by atoms with Gasteiger partial charge in [-0.3, -0.25) is 23.9 Å². The highest BCUT2D eigenvalue weighted by Crippen LogP contribution is 2.39. The Bertz CT molecular complexity index is 2700. The van der Waals surface area contributed by atoms with Gasteiger partial charge in [-0.15, -0.1) is 21.5 Å². The molecule has 7 rings (SSSR count). The number of unbranched alkanes of at least 4 members (excludes halogenated alkanes) is 3. The van der Waals surface area contributed by atoms with E-state index in [-0.39, 0.29) is 37.0 Å². The van der Waals surface area contributed by atoms with Crippen molar-refractivity contribution < 1.29 is 19.1 Å². The van der Waals surface area contributed by atoms with Gasteiger partial charge in [0, 0.05) is 40.7 Å². The maximum absolute atomic E-state index is 13.3. The molecule has 3 N–H and O–H groups in total. The zero-order valence-electron chi connectivity index (χ0n) is 34.8. The number of aromatic nitrogens is 3. The standard InChI is InChI=1S/C48H47ClN8O4S/c1-30-31(2)62-48-44(30)45(36-16-18-39(49)19-17-36)54-41(46-56-55-32(3)57(46)48)26-42(58)51-22-8-4-5-9-23-52-43(59)29-61-40-20-13-33(14-21-40)28-53-47(60)38(27-50)25-34-12-15-35-10-6-7-11-37(35)24-34/h6-7,10-21,24-25,41H,4-5,8-9,22-23,26,28-29H2,1-3H3,(H,51,58)(H,52,59)(H,53,60)/b38-25+/t41-/m0/s1. The van der Waals surface area contributed by atoms with Gasteiger partial charge in [-0.1, -0.05) is 85.1 Å². The van der Waals surface area contributed by atoms with Crippen LogP contribution < -0.4 is 20.7 Å². The molecule has 0 fully saturated rings. The van der Waals surface area contributed by atoms with Gasteiger partial charge < -0.3 is 20.7 Å². The summed E-state index contributed by atoms with van der Waals surface area (Å²) in [7, 11) is 0. The Balaban J connectivity index is 0.793. The minimum atomic E-state index is -0.525. The van der Waals surface area contributed by atoms with Crippen LogP contribution in [0.4, 0.5) is 0 Å². The Morgan fingerprint density at radius 3 is 2.29 bits per heavy atom. The number of nitriles is 1. The fraction of sp³-hybridized carbons (Fsp3) is 0.271. The zero-order chi connectivity index (χ0) is 43.6. The van der Waals surface area contributed by atoms with Crippen LogP contribution in [0.3, 0.4) is 0 Å². The first kappa shape index (κ1) is 43.5. The average molecular weight is 867 g/mol. The number of halogens is 1. The smallest absolute Gasteiger partial charge is 0.262 e. The van der Waals surface area contributed by atoms with Gasteiger partial charge >= 0.3 is 0 Å². The molecule has 0 saturated heterocycles. The molecule has 1 aliphatic heterocycles. The van der Waals surface area contributed by atoms with Crippen LogP contribution in [0.15, 0.2) is 102 Å². The monoisotopic (exact) mass is 866 g/mol. The van der Waals surface area contributed by atoms with Crippen molar-refractivity contribution in [3.8, 4) is 16.8 Å². The third-order valence-corrected chi connectivity index (χ3v) is 12.1. The molecule has 1 atom stereocenters. The van der Waals surface area contributed by atoms with Crippen LogP contribution in [0.1, 0.15) is 82.5 Å². The predicted octanol–water partition coefficient (Wildman–Crippen LogP) is 8.44. The lowest BCUT2D eigenvalue weighted by molar-refractivity contribution is -0.123. The average Bonchev–Trinajstić information content (AvgIpc) is 3.76. The number of carbonyl (C=O) groups excluding carboxylic acids is 3. The molecule has 0 saturated carbocycles. The van der Waals surface area contributed by atoms with Gasteiger partial charge in [0.15, 0.2) is 12.4 Å². The fourth-order valence-corrected chi connectivity index (χ4v) is 8.57. The molecular weight excluding hydrogens is 820 g/mol. The molecular formula is C48H47ClN8O4S. The number of hydrogen-bond donors (Lipinski definition) is 3. The summed E-state index contributed by atoms with van der Waals surface area (Å²) in [5.41, 5.74) is 5.50. The molecule has 3 amide bonds. The van der Waals surface area contributed by atoms with Crippen molar-refractivity contribution in [3.05, 3.63) is 146 Å². The molecule has 62 heavy (non-hydrogen) atoms. The van der Waals surface area contributed by atoms with Crippen LogP contribution in [-0.4, -0.2) is 57.9 Å². The van der Waals surface area contributed by atoms with Crippen LogP contribution in [0.25, 0.3) is 21.8 Å². The van der Waals surface area contributed by atoms with Crippen LogP contribution in [-0.2, 0) is 20.9 Å². The summed E-state index contributed by atoms with van der Waals surface area (Å²) < 4.78 is 7.70. The maximum Gasteiger partial charge on any atom is 0.262 e. The topological polar surface area (TPSA) is 163 Å². The number of thiophene rings is 1. The first-order valence-electron chi connectivity index (χ1n) is 20.6. The van der Waals surface area contributed by atoms with Crippen LogP contribution >= 0.6 is 22.9 Å². The van der Waals surface area contributed by atoms with Crippen molar-refractivity contribution in [1.29, 1.82) is 5.26 Å². The number of hydrogen-bond acceptors (Lipinski definition) is 9. The summed E-state index contributed by atoms with van der Waals surface area (Å²) in [4.78, 5) is 44.8. The number of nitrogens with one attached hydrogen (secondary N) is 3. The van der Waals surface area contributed by atoms with E-state index in [9.17, 15) is 19.6 Å². The van der Waals surface area contributed by atoms with Gasteiger partial charge in [0.25, 0.3) is 11.8 Å². The van der Waals surface area contributed by atoms with E-state index in [2.05, 4.69) is 40.0 Å². The van der Waals surface area contributed by atoms with Crippen molar-refractivity contribution in [1.82, 2.24) is 30.7 Å². The van der Waals surface area contributed by atoms with E-state index in [4.69, 9.17) is 21.3 Å². The normalized spacial score (nSPS) is 13.3. The molecule has 0 unspecified atom stereocenters. The van der Waals surface area contributed by atoms with E-state index < -0.39 is 11.9 Å². The van der Waals surface area contributed by atoms with E-state index in [1.165, 1.54) is 4.88 Å². The second-order valence-corrected chi connectivity index (χ2v) is 16.8. The van der Waals surface area contributed by atoms with E-state index in [1.807, 2.05) is 84.3 Å². The summed E-state index contributed by atoms with van der Waals surface area (Å²) in [5, 5.41) is 31.0. The second-order valence-electron chi connectivity index (χ2n) is 15.1. The summed E-state index contributed by atoms with van der Waals surface area (Å²) >= 11 is 7.90. The van der Waals surface area contributed by atoms with E-state index >= 15 is 0 Å². The summed E-state index contributed by atoms with van der Waals surface area (Å²) in [6.07, 6.45) is 5.11. The summed E-state index contributed by atoms with van der Waals surface area (Å²) in [6.45, 7) is 7.28. The second kappa shape index (κ2) is 20.3. The van der Waals surface area contributed by atoms with Crippen LogP contribution in [0.2, 0.25) is 5.02 Å². The molecule has 0 radical (unpaired) electrons. The van der Waals surface area contributed by atoms with E-state index in [1.54, 1.807) is 41.7 Å². The Kier molecular flexibility index (Phi) is 14.2. The highest BCUT2D eigenvalue weighted by Gasteiger charge is 2.32. The number of nitrogens with zero attached hydrogens (tertiary/aromatic N) is 5. The van der Waals surface area contributed by atoms with Gasteiger partial charge in [-0.2, -0.15) is 5.26 Å². The lowest BCUT2D eigenvalue weighted by Gasteiger charge is -2.13. The van der Waals surface area contributed by atoms with Crippen LogP contribution in [0.5, 0.6) is 5.75 Å². The SMILES string of the molecule is Cc1sc2c(c1C)C(c1ccc(Cl)cc1)=N[C@@H](CC(=O)NCCCCCCNC(=O)COc1ccc(CNC(=O)/C(C#N)=C/c3ccc4ccccc4c3)cc1)c1nnc(C)n1-2. The largest absolute Gasteiger partial charge is 0.484 e. The third kappa shape index (κ3) is 10.6. The number of aliphatic imine (C=N–C) groups is 1. The minimum absolute atomic E-state index is 0.0168. The van der Waals surface area contributed by atoms with Crippen molar-refractivity contribution in [2.24, 2.45) is 4.99 Å². The molecule has 6 aromatic rings. The number of ether oxygens (including phenoxy) is 1. The molecule has 14 heteroatoms. The quantitative estimate of drug-likeness (QED) is 0.0471. The molecule has 0 spiro atoms. The number of aryl methyl sites for hydroxylation is 2. The number of carbonyl (C=O) groups is 3. The Hall–Kier alpha value is -6.62. The number of benzene rings is 4. The highest BCUT2D eigenvalue weighted by molar-refractivity contribution is 7.15. The van der Waals surface area contributed by atoms with Crippen molar-refractivity contribution in [3.63, 3.8) is 0 Å². The van der Waals surface area contributed by atoms with Gasteiger partial charge in [0.05, 0.1) is 12.1 Å². The molecule has 4 aromatic carbocycles. The lowest BCUT2D eigenvalue weighted by Crippen LogP contribution is -2.29. The van der Waals surface area contributed by atoms with Gasteiger partial charge in [-0.25, -0.2) is 0 Å². The predicted molar refractivity (Wildman–Crippen MR) is 244 cm³/mol. The lowest BCUT2D eigenvalue weighted by atomic mass is 9.99. The van der Waals surface area contributed by atoms with Crippen molar-refractivity contribution in [2.75, 3.05) is 19.7 Å². The fourth-order valence-electron chi connectivity index (χ4n) is 7.23. The molecule has 0 bridgehead atoms. The molecule has 2 aromatic heterocycles. The summed E-state index contributed by atoms with van der Waals surface area (Å²) in [5.74, 6) is 1.13. The number of amides is 3. The Labute approximate surface area is 369 Å². The van der Waals surface area contributed by atoms with E-state index in [0.29, 0.717) is 29.7 Å². The van der Waals surface area contributed by atoms with Crippen molar-refractivity contribution in [2.45, 2.75) is 65.5 Å². The molecule has 12 nitrogen and oxygen atoms in total. The third-order valence-electron chi connectivity index (χ3n) is 10.7. The molecule has 0 aliphatic carbocycles. The van der Waals surface area contributed by atoms with Gasteiger partial charge in [-0.05, 0) is 97.5 Å². The maximum atomic E-state index is 13.3.